The Labute approximate surface area is 131 Å². The van der Waals surface area contributed by atoms with Gasteiger partial charge >= 0.3 is 0 Å². The first-order valence-electron chi connectivity index (χ1n) is 7.52. The van der Waals surface area contributed by atoms with Crippen LogP contribution in [0.5, 0.6) is 0 Å². The highest BCUT2D eigenvalue weighted by Gasteiger charge is 2.43. The number of carbonyl (C=O) groups excluding carboxylic acids is 1. The lowest BCUT2D eigenvalue weighted by Crippen LogP contribution is -2.50. The van der Waals surface area contributed by atoms with Crippen LogP contribution in [0.2, 0.25) is 0 Å². The molecule has 0 radical (unpaired) electrons. The van der Waals surface area contributed by atoms with E-state index in [-0.39, 0.29) is 17.3 Å². The summed E-state index contributed by atoms with van der Waals surface area (Å²) in [6.45, 7) is 1.68. The summed E-state index contributed by atoms with van der Waals surface area (Å²) in [6.07, 6.45) is 3.81. The molecule has 0 bridgehead atoms. The minimum Gasteiger partial charge on any atom is -0.383 e. The molecule has 1 saturated heterocycles. The molecular formula is C16H24FN3O2. The van der Waals surface area contributed by atoms with E-state index >= 15 is 0 Å². The third-order valence-corrected chi connectivity index (χ3v) is 4.31. The van der Waals surface area contributed by atoms with E-state index in [1.165, 1.54) is 6.07 Å². The molecule has 0 N–H and O–H groups in total. The average molecular weight is 309 g/mol. The molecule has 1 atom stereocenters. The van der Waals surface area contributed by atoms with Crippen LogP contribution in [0.25, 0.3) is 0 Å². The van der Waals surface area contributed by atoms with Crippen LogP contribution in [0.1, 0.15) is 25.0 Å². The lowest BCUT2D eigenvalue weighted by molar-refractivity contribution is -0.132. The molecule has 5 nitrogen and oxygen atoms in total. The third kappa shape index (κ3) is 3.62. The fourth-order valence-corrected chi connectivity index (χ4v) is 3.08. The molecule has 6 heteroatoms. The number of methoxy groups -OCH3 is 1. The molecule has 1 unspecified atom stereocenters. The van der Waals surface area contributed by atoms with Crippen molar-refractivity contribution in [2.24, 2.45) is 0 Å². The lowest BCUT2D eigenvalue weighted by atomic mass is 9.92. The van der Waals surface area contributed by atoms with Gasteiger partial charge in [-0.1, -0.05) is 0 Å². The van der Waals surface area contributed by atoms with E-state index in [0.717, 1.165) is 19.4 Å². The minimum atomic E-state index is -0.375. The van der Waals surface area contributed by atoms with Crippen molar-refractivity contribution in [3.63, 3.8) is 0 Å². The van der Waals surface area contributed by atoms with Crippen LogP contribution in [0.15, 0.2) is 18.3 Å². The Balaban J connectivity index is 2.20. The van der Waals surface area contributed by atoms with Crippen LogP contribution in [-0.4, -0.2) is 60.6 Å². The highest BCUT2D eigenvalue weighted by atomic mass is 19.1. The standard InChI is InChI=1S/C16H24FN3O2/c1-19(2)15(21)10-16(12-22-3)7-5-9-20(16)11-14-13(17)6-4-8-18-14/h4,6,8H,5,7,9-12H2,1-3H3. The van der Waals surface area contributed by atoms with Gasteiger partial charge in [0, 0.05) is 40.4 Å². The van der Waals surface area contributed by atoms with Crippen molar-refractivity contribution < 1.29 is 13.9 Å². The zero-order valence-electron chi connectivity index (χ0n) is 13.5. The second kappa shape index (κ2) is 7.15. The number of aromatic nitrogens is 1. The van der Waals surface area contributed by atoms with Crippen molar-refractivity contribution in [2.45, 2.75) is 31.3 Å². The maximum atomic E-state index is 13.9. The summed E-state index contributed by atoms with van der Waals surface area (Å²) in [5, 5.41) is 0. The van der Waals surface area contributed by atoms with Crippen molar-refractivity contribution in [3.05, 3.63) is 29.8 Å². The van der Waals surface area contributed by atoms with E-state index in [9.17, 15) is 9.18 Å². The quantitative estimate of drug-likeness (QED) is 0.802. The predicted octanol–water partition coefficient (Wildman–Crippen LogP) is 1.68. The summed E-state index contributed by atoms with van der Waals surface area (Å²) in [5.41, 5.74) is 0.0437. The van der Waals surface area contributed by atoms with Crippen LogP contribution in [-0.2, 0) is 16.1 Å². The van der Waals surface area contributed by atoms with Crippen molar-refractivity contribution in [1.82, 2.24) is 14.8 Å². The van der Waals surface area contributed by atoms with Gasteiger partial charge in [-0.05, 0) is 31.5 Å². The summed E-state index contributed by atoms with van der Waals surface area (Å²) in [4.78, 5) is 20.1. The van der Waals surface area contributed by atoms with E-state index < -0.39 is 0 Å². The predicted molar refractivity (Wildman–Crippen MR) is 81.8 cm³/mol. The summed E-state index contributed by atoms with van der Waals surface area (Å²) < 4.78 is 19.3. The van der Waals surface area contributed by atoms with Gasteiger partial charge in [0.1, 0.15) is 5.82 Å². The first kappa shape index (κ1) is 16.8. The minimum absolute atomic E-state index is 0.0606. The summed E-state index contributed by atoms with van der Waals surface area (Å²) in [7, 11) is 5.14. The Hall–Kier alpha value is -1.53. The van der Waals surface area contributed by atoms with E-state index in [0.29, 0.717) is 25.3 Å². The summed E-state index contributed by atoms with van der Waals surface area (Å²) in [6, 6.07) is 3.00. The fraction of sp³-hybridized carbons (Fsp3) is 0.625. The fourth-order valence-electron chi connectivity index (χ4n) is 3.08. The highest BCUT2D eigenvalue weighted by Crippen LogP contribution is 2.34. The van der Waals surface area contributed by atoms with Gasteiger partial charge in [-0.2, -0.15) is 0 Å². The maximum Gasteiger partial charge on any atom is 0.224 e. The zero-order chi connectivity index (χ0) is 16.2. The second-order valence-corrected chi connectivity index (χ2v) is 6.08. The van der Waals surface area contributed by atoms with E-state index in [1.807, 2.05) is 0 Å². The van der Waals surface area contributed by atoms with E-state index in [4.69, 9.17) is 4.74 Å². The molecule has 0 aliphatic carbocycles. The molecule has 1 aromatic rings. The molecule has 1 amide bonds. The lowest BCUT2D eigenvalue weighted by Gasteiger charge is -2.38. The maximum absolute atomic E-state index is 13.9. The number of carbonyl (C=O) groups is 1. The molecule has 1 aliphatic heterocycles. The number of amides is 1. The summed E-state index contributed by atoms with van der Waals surface area (Å²) in [5.74, 6) is -0.245. The number of rotatable bonds is 6. The zero-order valence-corrected chi connectivity index (χ0v) is 13.5. The number of likely N-dealkylation sites (tertiary alicyclic amines) is 1. The summed E-state index contributed by atoms with van der Waals surface area (Å²) >= 11 is 0. The molecule has 0 aromatic carbocycles. The Morgan fingerprint density at radius 2 is 2.32 bits per heavy atom. The molecule has 22 heavy (non-hydrogen) atoms. The highest BCUT2D eigenvalue weighted by molar-refractivity contribution is 5.77. The monoisotopic (exact) mass is 309 g/mol. The Kier molecular flexibility index (Phi) is 5.47. The Bertz CT molecular complexity index is 524. The molecule has 1 aliphatic rings. The third-order valence-electron chi connectivity index (χ3n) is 4.31. The molecule has 1 fully saturated rings. The Morgan fingerprint density at radius 1 is 1.55 bits per heavy atom. The number of hydrogen-bond acceptors (Lipinski definition) is 4. The number of halogens is 1. The van der Waals surface area contributed by atoms with Gasteiger partial charge in [0.15, 0.2) is 0 Å². The largest absolute Gasteiger partial charge is 0.383 e. The van der Waals surface area contributed by atoms with Crippen molar-refractivity contribution in [3.8, 4) is 0 Å². The van der Waals surface area contributed by atoms with Crippen molar-refractivity contribution in [1.29, 1.82) is 0 Å². The van der Waals surface area contributed by atoms with Gasteiger partial charge in [0.2, 0.25) is 5.91 Å². The normalized spacial score (nSPS) is 22.0. The average Bonchev–Trinajstić information content (AvgIpc) is 2.84. The van der Waals surface area contributed by atoms with Crippen molar-refractivity contribution >= 4 is 5.91 Å². The van der Waals surface area contributed by atoms with Crippen molar-refractivity contribution in [2.75, 3.05) is 34.4 Å². The van der Waals surface area contributed by atoms with Crippen LogP contribution in [0.3, 0.4) is 0 Å². The molecule has 2 heterocycles. The van der Waals surface area contributed by atoms with Gasteiger partial charge in [0.05, 0.1) is 17.8 Å². The topological polar surface area (TPSA) is 45.7 Å². The molecule has 0 saturated carbocycles. The van der Waals surface area contributed by atoms with Gasteiger partial charge in [-0.25, -0.2) is 4.39 Å². The smallest absolute Gasteiger partial charge is 0.224 e. The van der Waals surface area contributed by atoms with Crippen LogP contribution >= 0.6 is 0 Å². The van der Waals surface area contributed by atoms with Crippen LogP contribution in [0.4, 0.5) is 4.39 Å². The van der Waals surface area contributed by atoms with Gasteiger partial charge in [0.25, 0.3) is 0 Å². The molecule has 1 aromatic heterocycles. The molecule has 0 spiro atoms. The van der Waals surface area contributed by atoms with Gasteiger partial charge < -0.3 is 9.64 Å². The first-order valence-corrected chi connectivity index (χ1v) is 7.52. The van der Waals surface area contributed by atoms with Crippen LogP contribution in [0, 0.1) is 5.82 Å². The van der Waals surface area contributed by atoms with E-state index in [2.05, 4.69) is 9.88 Å². The number of nitrogens with zero attached hydrogens (tertiary/aromatic N) is 3. The Morgan fingerprint density at radius 3 is 2.95 bits per heavy atom. The number of ether oxygens (including phenoxy) is 1. The molecule has 122 valence electrons. The number of hydrogen-bond donors (Lipinski definition) is 0. The van der Waals surface area contributed by atoms with Crippen LogP contribution < -0.4 is 0 Å². The molecule has 2 rings (SSSR count). The van der Waals surface area contributed by atoms with Gasteiger partial charge in [-0.15, -0.1) is 0 Å². The first-order chi connectivity index (χ1) is 10.5. The second-order valence-electron chi connectivity index (χ2n) is 6.08. The van der Waals surface area contributed by atoms with Gasteiger partial charge in [-0.3, -0.25) is 14.7 Å². The number of pyridine rings is 1. The van der Waals surface area contributed by atoms with E-state index in [1.54, 1.807) is 38.4 Å². The SMILES string of the molecule is COCC1(CC(=O)N(C)C)CCCN1Cc1ncccc1F. The molecular weight excluding hydrogens is 285 g/mol.